The molecule has 1 aromatic carbocycles. The van der Waals surface area contributed by atoms with Crippen LogP contribution in [0.15, 0.2) is 30.3 Å². The van der Waals surface area contributed by atoms with E-state index >= 15 is 0 Å². The Morgan fingerprint density at radius 2 is 1.91 bits per heavy atom. The first-order chi connectivity index (χ1) is 10.7. The second-order valence-electron chi connectivity index (χ2n) is 7.06. The van der Waals surface area contributed by atoms with E-state index in [1.165, 1.54) is 18.4 Å². The number of piperidine rings is 1. The van der Waals surface area contributed by atoms with Crippen molar-refractivity contribution < 1.29 is 9.90 Å². The smallest absolute Gasteiger partial charge is 0.230 e. The van der Waals surface area contributed by atoms with Gasteiger partial charge in [-0.1, -0.05) is 37.3 Å². The highest BCUT2D eigenvalue weighted by molar-refractivity contribution is 5.84. The van der Waals surface area contributed by atoms with E-state index in [0.29, 0.717) is 11.8 Å². The van der Waals surface area contributed by atoms with E-state index in [2.05, 4.69) is 19.1 Å². The number of aliphatic hydroxyl groups excluding tert-OH is 1. The molecule has 0 bridgehead atoms. The van der Waals surface area contributed by atoms with Gasteiger partial charge in [0.25, 0.3) is 0 Å². The molecule has 1 aromatic rings. The molecule has 22 heavy (non-hydrogen) atoms. The molecule has 1 atom stereocenters. The van der Waals surface area contributed by atoms with Crippen LogP contribution in [0, 0.1) is 11.3 Å². The van der Waals surface area contributed by atoms with Gasteiger partial charge < -0.3 is 10.0 Å². The standard InChI is InChI=1S/C19H27NO2/c1-2-19(14-21)10-12-20(13-11-19)18(22)17(16-8-9-16)15-6-4-3-5-7-15/h3-7,16-17,21H,2,8-14H2,1H3. The SMILES string of the molecule is CCC1(CO)CCN(C(=O)C(c2ccccc2)C2CC2)CC1. The van der Waals surface area contributed by atoms with E-state index in [4.69, 9.17) is 0 Å². The van der Waals surface area contributed by atoms with Crippen LogP contribution >= 0.6 is 0 Å². The maximum Gasteiger partial charge on any atom is 0.230 e. The van der Waals surface area contributed by atoms with Gasteiger partial charge in [-0.3, -0.25) is 4.79 Å². The molecular weight excluding hydrogens is 274 g/mol. The number of likely N-dealkylation sites (tertiary alicyclic amines) is 1. The molecule has 1 unspecified atom stereocenters. The average molecular weight is 301 g/mol. The Kier molecular flexibility index (Phi) is 4.53. The van der Waals surface area contributed by atoms with E-state index in [-0.39, 0.29) is 17.9 Å². The summed E-state index contributed by atoms with van der Waals surface area (Å²) in [6, 6.07) is 10.3. The van der Waals surface area contributed by atoms with Crippen LogP contribution in [0.25, 0.3) is 0 Å². The highest BCUT2D eigenvalue weighted by atomic mass is 16.3. The van der Waals surface area contributed by atoms with Crippen LogP contribution in [0.4, 0.5) is 0 Å². The van der Waals surface area contributed by atoms with Crippen molar-refractivity contribution >= 4 is 5.91 Å². The third kappa shape index (κ3) is 3.05. The van der Waals surface area contributed by atoms with Gasteiger partial charge in [-0.25, -0.2) is 0 Å². The Bertz CT molecular complexity index is 495. The number of benzene rings is 1. The zero-order valence-corrected chi connectivity index (χ0v) is 13.5. The van der Waals surface area contributed by atoms with Crippen molar-refractivity contribution in [2.75, 3.05) is 19.7 Å². The second kappa shape index (κ2) is 6.41. The summed E-state index contributed by atoms with van der Waals surface area (Å²) in [5, 5.41) is 9.65. The molecule has 1 N–H and O–H groups in total. The lowest BCUT2D eigenvalue weighted by Gasteiger charge is -2.41. The fourth-order valence-electron chi connectivity index (χ4n) is 3.73. The zero-order chi connectivity index (χ0) is 15.6. The minimum atomic E-state index is 0.0403. The lowest BCUT2D eigenvalue weighted by molar-refractivity contribution is -0.136. The summed E-state index contributed by atoms with van der Waals surface area (Å²) < 4.78 is 0. The summed E-state index contributed by atoms with van der Waals surface area (Å²) in [7, 11) is 0. The molecule has 3 rings (SSSR count). The van der Waals surface area contributed by atoms with Crippen molar-refractivity contribution in [2.24, 2.45) is 11.3 Å². The lowest BCUT2D eigenvalue weighted by atomic mass is 9.76. The van der Waals surface area contributed by atoms with Gasteiger partial charge in [0.15, 0.2) is 0 Å². The van der Waals surface area contributed by atoms with Gasteiger partial charge in [0, 0.05) is 19.7 Å². The van der Waals surface area contributed by atoms with Gasteiger partial charge in [0.05, 0.1) is 5.92 Å². The van der Waals surface area contributed by atoms with E-state index in [1.807, 2.05) is 23.1 Å². The quantitative estimate of drug-likeness (QED) is 0.907. The minimum Gasteiger partial charge on any atom is -0.396 e. The van der Waals surface area contributed by atoms with Gasteiger partial charge >= 0.3 is 0 Å². The van der Waals surface area contributed by atoms with Crippen molar-refractivity contribution in [1.29, 1.82) is 0 Å². The van der Waals surface area contributed by atoms with Crippen LogP contribution in [0.2, 0.25) is 0 Å². The van der Waals surface area contributed by atoms with Gasteiger partial charge in [-0.15, -0.1) is 0 Å². The summed E-state index contributed by atoms with van der Waals surface area (Å²) in [4.78, 5) is 15.1. The van der Waals surface area contributed by atoms with Crippen LogP contribution < -0.4 is 0 Å². The first kappa shape index (κ1) is 15.5. The van der Waals surface area contributed by atoms with Crippen molar-refractivity contribution in [3.05, 3.63) is 35.9 Å². The van der Waals surface area contributed by atoms with E-state index in [0.717, 1.165) is 32.4 Å². The van der Waals surface area contributed by atoms with Gasteiger partial charge in [-0.05, 0) is 49.0 Å². The molecule has 1 saturated heterocycles. The molecule has 3 heteroatoms. The third-order valence-corrected chi connectivity index (χ3v) is 5.74. The predicted octanol–water partition coefficient (Wildman–Crippen LogP) is 3.19. The summed E-state index contributed by atoms with van der Waals surface area (Å²) >= 11 is 0. The first-order valence-electron chi connectivity index (χ1n) is 8.64. The van der Waals surface area contributed by atoms with Gasteiger partial charge in [0.2, 0.25) is 5.91 Å². The number of carbonyl (C=O) groups is 1. The molecule has 1 heterocycles. The molecule has 1 aliphatic heterocycles. The summed E-state index contributed by atoms with van der Waals surface area (Å²) in [5.74, 6) is 0.881. The van der Waals surface area contributed by atoms with E-state index in [9.17, 15) is 9.90 Å². The molecule has 3 nitrogen and oxygen atoms in total. The van der Waals surface area contributed by atoms with Crippen molar-refractivity contribution in [1.82, 2.24) is 4.90 Å². The Morgan fingerprint density at radius 3 is 2.41 bits per heavy atom. The van der Waals surface area contributed by atoms with Crippen molar-refractivity contribution in [2.45, 2.75) is 44.9 Å². The molecule has 0 radical (unpaired) electrons. The molecule has 1 saturated carbocycles. The summed E-state index contributed by atoms with van der Waals surface area (Å²) in [5.41, 5.74) is 1.21. The van der Waals surface area contributed by atoms with Crippen molar-refractivity contribution in [3.63, 3.8) is 0 Å². The number of rotatable bonds is 5. The third-order valence-electron chi connectivity index (χ3n) is 5.74. The van der Waals surface area contributed by atoms with Crippen LogP contribution in [0.3, 0.4) is 0 Å². The fraction of sp³-hybridized carbons (Fsp3) is 0.632. The number of carbonyl (C=O) groups excluding carboxylic acids is 1. The van der Waals surface area contributed by atoms with Gasteiger partial charge in [0.1, 0.15) is 0 Å². The van der Waals surface area contributed by atoms with Crippen LogP contribution in [0.5, 0.6) is 0 Å². The Hall–Kier alpha value is -1.35. The maximum absolute atomic E-state index is 13.0. The molecule has 0 aromatic heterocycles. The predicted molar refractivity (Wildman–Crippen MR) is 87.5 cm³/mol. The first-order valence-corrected chi connectivity index (χ1v) is 8.64. The van der Waals surface area contributed by atoms with E-state index < -0.39 is 0 Å². The van der Waals surface area contributed by atoms with Crippen molar-refractivity contribution in [3.8, 4) is 0 Å². The monoisotopic (exact) mass is 301 g/mol. The number of aliphatic hydroxyl groups is 1. The molecule has 2 aliphatic rings. The summed E-state index contributed by atoms with van der Waals surface area (Å²) in [6.07, 6.45) is 5.20. The Morgan fingerprint density at radius 1 is 1.27 bits per heavy atom. The Labute approximate surface area is 133 Å². The topological polar surface area (TPSA) is 40.5 Å². The van der Waals surface area contributed by atoms with Crippen LogP contribution in [-0.4, -0.2) is 35.6 Å². The molecular formula is C19H27NO2. The molecule has 1 aliphatic carbocycles. The normalized spacial score (nSPS) is 22.4. The number of amides is 1. The largest absolute Gasteiger partial charge is 0.396 e. The molecule has 1 amide bonds. The number of nitrogens with zero attached hydrogens (tertiary/aromatic N) is 1. The zero-order valence-electron chi connectivity index (χ0n) is 13.5. The average Bonchev–Trinajstić information content (AvgIpc) is 3.41. The highest BCUT2D eigenvalue weighted by Gasteiger charge is 2.41. The second-order valence-corrected chi connectivity index (χ2v) is 7.06. The lowest BCUT2D eigenvalue weighted by Crippen LogP contribution is -2.46. The van der Waals surface area contributed by atoms with Gasteiger partial charge in [-0.2, -0.15) is 0 Å². The number of hydrogen-bond donors (Lipinski definition) is 1. The molecule has 120 valence electrons. The fourth-order valence-corrected chi connectivity index (χ4v) is 3.73. The maximum atomic E-state index is 13.0. The minimum absolute atomic E-state index is 0.0403. The van der Waals surface area contributed by atoms with E-state index in [1.54, 1.807) is 0 Å². The molecule has 2 fully saturated rings. The van der Waals surface area contributed by atoms with Crippen LogP contribution in [-0.2, 0) is 4.79 Å². The molecule has 0 spiro atoms. The highest BCUT2D eigenvalue weighted by Crippen LogP contribution is 2.44. The number of hydrogen-bond acceptors (Lipinski definition) is 2. The Balaban J connectivity index is 1.70. The van der Waals surface area contributed by atoms with Crippen LogP contribution in [0.1, 0.15) is 50.5 Å². The summed E-state index contributed by atoms with van der Waals surface area (Å²) in [6.45, 7) is 3.98.